The van der Waals surface area contributed by atoms with E-state index in [9.17, 15) is 22.8 Å². The summed E-state index contributed by atoms with van der Waals surface area (Å²) >= 11 is 11.0. The molecule has 1 saturated heterocycles. The summed E-state index contributed by atoms with van der Waals surface area (Å²) in [6.45, 7) is 0.590. The van der Waals surface area contributed by atoms with Crippen LogP contribution in [0.3, 0.4) is 0 Å². The molecule has 0 aromatic heterocycles. The van der Waals surface area contributed by atoms with Crippen LogP contribution in [-0.4, -0.2) is 54.2 Å². The first-order valence-corrected chi connectivity index (χ1v) is 10.0. The minimum Gasteiger partial charge on any atom is -0.368 e. The second-order valence-corrected chi connectivity index (χ2v) is 7.58. The Morgan fingerprint density at radius 1 is 0.935 bits per heavy atom. The minimum absolute atomic E-state index is 0.000833. The zero-order chi connectivity index (χ0) is 22.6. The van der Waals surface area contributed by atoms with Gasteiger partial charge in [0.15, 0.2) is 5.11 Å². The van der Waals surface area contributed by atoms with E-state index in [0.29, 0.717) is 29.4 Å². The number of hydrogen-bond acceptors (Lipinski definition) is 4. The van der Waals surface area contributed by atoms with Gasteiger partial charge in [0.2, 0.25) is 0 Å². The number of halogens is 4. The summed E-state index contributed by atoms with van der Waals surface area (Å²) in [5.41, 5.74) is 1.85. The highest BCUT2D eigenvalue weighted by atomic mass is 35.5. The number of hydrogen-bond donors (Lipinski definition) is 2. The van der Waals surface area contributed by atoms with Crippen LogP contribution in [0.2, 0.25) is 5.02 Å². The van der Waals surface area contributed by atoms with Gasteiger partial charge < -0.3 is 15.1 Å². The molecule has 3 rings (SSSR count). The lowest BCUT2D eigenvalue weighted by Crippen LogP contribution is -2.52. The van der Waals surface area contributed by atoms with Crippen molar-refractivity contribution in [2.24, 2.45) is 0 Å². The van der Waals surface area contributed by atoms with Gasteiger partial charge in [-0.05, 0) is 60.7 Å². The van der Waals surface area contributed by atoms with Gasteiger partial charge >= 0.3 is 12.1 Å². The molecule has 1 aliphatic rings. The number of piperazine rings is 1. The Morgan fingerprint density at radius 2 is 1.52 bits per heavy atom. The van der Waals surface area contributed by atoms with Crippen LogP contribution in [0.1, 0.15) is 10.4 Å². The van der Waals surface area contributed by atoms with Crippen LogP contribution in [0.4, 0.5) is 24.5 Å². The fraction of sp³-hybridized carbons (Fsp3) is 0.250. The normalized spacial score (nSPS) is 14.2. The van der Waals surface area contributed by atoms with Crippen molar-refractivity contribution in [1.29, 1.82) is 0 Å². The average molecular weight is 471 g/mol. The number of rotatable bonds is 3. The molecule has 0 atom stereocenters. The molecule has 6 nitrogen and oxygen atoms in total. The highest BCUT2D eigenvalue weighted by Crippen LogP contribution is 2.23. The third-order valence-corrected chi connectivity index (χ3v) is 5.09. The molecule has 2 N–H and O–H groups in total. The van der Waals surface area contributed by atoms with E-state index in [1.807, 2.05) is 4.90 Å². The van der Waals surface area contributed by atoms with Crippen molar-refractivity contribution in [3.63, 3.8) is 0 Å². The highest BCUT2D eigenvalue weighted by Gasteiger charge is 2.43. The van der Waals surface area contributed by atoms with Crippen molar-refractivity contribution in [3.8, 4) is 0 Å². The topological polar surface area (TPSA) is 64.7 Å². The first kappa shape index (κ1) is 22.8. The maximum Gasteiger partial charge on any atom is 0.471 e. The number of nitrogens with one attached hydrogen (secondary N) is 2. The van der Waals surface area contributed by atoms with Crippen LogP contribution in [0.15, 0.2) is 48.5 Å². The van der Waals surface area contributed by atoms with Gasteiger partial charge in [-0.3, -0.25) is 14.9 Å². The molecule has 1 fully saturated rings. The zero-order valence-electron chi connectivity index (χ0n) is 16.1. The lowest BCUT2D eigenvalue weighted by Gasteiger charge is -2.36. The minimum atomic E-state index is -4.85. The number of thiocarbonyl (C=S) groups is 1. The Labute approximate surface area is 187 Å². The third-order valence-electron chi connectivity index (χ3n) is 4.63. The summed E-state index contributed by atoms with van der Waals surface area (Å²) in [5.74, 6) is -2.18. The molecular weight excluding hydrogens is 453 g/mol. The second-order valence-electron chi connectivity index (χ2n) is 6.74. The van der Waals surface area contributed by atoms with Crippen molar-refractivity contribution >= 4 is 52.1 Å². The predicted molar refractivity (Wildman–Crippen MR) is 116 cm³/mol. The monoisotopic (exact) mass is 470 g/mol. The van der Waals surface area contributed by atoms with E-state index in [0.717, 1.165) is 10.6 Å². The number of amides is 2. The van der Waals surface area contributed by atoms with Gasteiger partial charge in [0.05, 0.1) is 0 Å². The third kappa shape index (κ3) is 6.08. The van der Waals surface area contributed by atoms with Gasteiger partial charge in [-0.25, -0.2) is 0 Å². The highest BCUT2D eigenvalue weighted by molar-refractivity contribution is 7.80. The van der Waals surface area contributed by atoms with E-state index in [1.54, 1.807) is 48.5 Å². The van der Waals surface area contributed by atoms with E-state index in [-0.39, 0.29) is 24.1 Å². The molecule has 11 heteroatoms. The number of nitrogens with zero attached hydrogens (tertiary/aromatic N) is 2. The molecular formula is C20H18ClF3N4O2S. The lowest BCUT2D eigenvalue weighted by molar-refractivity contribution is -0.185. The molecule has 2 aromatic carbocycles. The lowest BCUT2D eigenvalue weighted by atomic mass is 10.2. The molecule has 2 aromatic rings. The van der Waals surface area contributed by atoms with Crippen LogP contribution in [-0.2, 0) is 4.79 Å². The molecule has 0 bridgehead atoms. The van der Waals surface area contributed by atoms with Crippen LogP contribution >= 0.6 is 23.8 Å². The van der Waals surface area contributed by atoms with E-state index < -0.39 is 12.1 Å². The zero-order valence-corrected chi connectivity index (χ0v) is 17.7. The Hall–Kier alpha value is -2.85. The molecule has 0 spiro atoms. The quantitative estimate of drug-likeness (QED) is 0.670. The van der Waals surface area contributed by atoms with Crippen LogP contribution in [0.5, 0.6) is 0 Å². The Kier molecular flexibility index (Phi) is 7.01. The maximum absolute atomic E-state index is 12.5. The molecule has 164 valence electrons. The molecule has 0 radical (unpaired) electrons. The summed E-state index contributed by atoms with van der Waals surface area (Å²) in [5, 5.41) is 6.10. The van der Waals surface area contributed by atoms with Crippen molar-refractivity contribution in [3.05, 3.63) is 59.1 Å². The maximum atomic E-state index is 12.5. The SMILES string of the molecule is O=C(NC(=S)Nc1ccc(N2CCN(C(=O)C(F)(F)F)CC2)cc1)c1ccc(Cl)cc1. The number of anilines is 2. The summed E-state index contributed by atoms with van der Waals surface area (Å²) < 4.78 is 37.6. The fourth-order valence-electron chi connectivity index (χ4n) is 3.04. The number of carbonyl (C=O) groups is 2. The van der Waals surface area contributed by atoms with Crippen molar-refractivity contribution < 1.29 is 22.8 Å². The van der Waals surface area contributed by atoms with Gasteiger partial charge in [0.25, 0.3) is 5.91 Å². The summed E-state index contributed by atoms with van der Waals surface area (Å²) in [4.78, 5) is 26.2. The van der Waals surface area contributed by atoms with Crippen LogP contribution in [0, 0.1) is 0 Å². The Balaban J connectivity index is 1.51. The molecule has 0 unspecified atom stereocenters. The van der Waals surface area contributed by atoms with E-state index in [2.05, 4.69) is 10.6 Å². The van der Waals surface area contributed by atoms with Gasteiger partial charge in [0, 0.05) is 48.1 Å². The van der Waals surface area contributed by atoms with Gasteiger partial charge in [0.1, 0.15) is 0 Å². The Morgan fingerprint density at radius 3 is 2.06 bits per heavy atom. The molecule has 0 saturated carbocycles. The van der Waals surface area contributed by atoms with Gasteiger partial charge in [-0.2, -0.15) is 13.2 Å². The van der Waals surface area contributed by atoms with Crippen molar-refractivity contribution in [2.75, 3.05) is 36.4 Å². The molecule has 31 heavy (non-hydrogen) atoms. The molecule has 1 heterocycles. The molecule has 1 aliphatic heterocycles. The average Bonchev–Trinajstić information content (AvgIpc) is 2.73. The first-order chi connectivity index (χ1) is 14.6. The Bertz CT molecular complexity index is 960. The van der Waals surface area contributed by atoms with Gasteiger partial charge in [-0.15, -0.1) is 0 Å². The number of carbonyl (C=O) groups excluding carboxylic acids is 2. The van der Waals surface area contributed by atoms with Crippen molar-refractivity contribution in [2.45, 2.75) is 6.18 Å². The fourth-order valence-corrected chi connectivity index (χ4v) is 3.38. The van der Waals surface area contributed by atoms with E-state index >= 15 is 0 Å². The summed E-state index contributed by atoms with van der Waals surface area (Å²) in [7, 11) is 0. The largest absolute Gasteiger partial charge is 0.471 e. The molecule has 0 aliphatic carbocycles. The molecule has 2 amide bonds. The van der Waals surface area contributed by atoms with Crippen LogP contribution in [0.25, 0.3) is 0 Å². The van der Waals surface area contributed by atoms with E-state index in [1.165, 1.54) is 0 Å². The number of benzene rings is 2. The second kappa shape index (κ2) is 9.52. The van der Waals surface area contributed by atoms with Gasteiger partial charge in [-0.1, -0.05) is 11.6 Å². The number of alkyl halides is 3. The first-order valence-electron chi connectivity index (χ1n) is 9.22. The van der Waals surface area contributed by atoms with E-state index in [4.69, 9.17) is 23.8 Å². The van der Waals surface area contributed by atoms with Crippen LogP contribution < -0.4 is 15.5 Å². The predicted octanol–water partition coefficient (Wildman–Crippen LogP) is 3.68. The smallest absolute Gasteiger partial charge is 0.368 e. The standard InChI is InChI=1S/C20H18ClF3N4O2S/c21-14-3-1-13(2-4-14)17(29)26-19(31)25-15-5-7-16(8-6-15)27-9-11-28(12-10-27)18(30)20(22,23)24/h1-8H,9-12H2,(H2,25,26,29,31). The van der Waals surface area contributed by atoms with Crippen molar-refractivity contribution in [1.82, 2.24) is 10.2 Å². The summed E-state index contributed by atoms with van der Waals surface area (Å²) in [6, 6.07) is 13.4. The summed E-state index contributed by atoms with van der Waals surface area (Å²) in [6.07, 6.45) is -4.85.